The number of methoxy groups -OCH3 is 1. The Kier molecular flexibility index (Phi) is 6.00. The number of sulfonamides is 1. The molecule has 150 valence electrons. The highest BCUT2D eigenvalue weighted by Crippen LogP contribution is 2.22. The first-order chi connectivity index (χ1) is 13.3. The van der Waals surface area contributed by atoms with Crippen LogP contribution in [0.15, 0.2) is 47.4 Å². The van der Waals surface area contributed by atoms with Crippen molar-refractivity contribution in [1.82, 2.24) is 9.21 Å². The summed E-state index contributed by atoms with van der Waals surface area (Å²) in [6.45, 7) is 2.99. The van der Waals surface area contributed by atoms with Crippen molar-refractivity contribution in [2.24, 2.45) is 0 Å². The van der Waals surface area contributed by atoms with Crippen LogP contribution >= 0.6 is 0 Å². The van der Waals surface area contributed by atoms with E-state index in [1.165, 1.54) is 16.4 Å². The summed E-state index contributed by atoms with van der Waals surface area (Å²) in [4.78, 5) is 14.4. The lowest BCUT2D eigenvalue weighted by Crippen LogP contribution is -2.50. The summed E-state index contributed by atoms with van der Waals surface area (Å²) in [6.07, 6.45) is 0.204. The Balaban J connectivity index is 1.64. The zero-order valence-corrected chi connectivity index (χ0v) is 16.7. The molecule has 0 aromatic heterocycles. The summed E-state index contributed by atoms with van der Waals surface area (Å²) in [5, 5.41) is 0. The molecule has 2 aromatic carbocycles. The van der Waals surface area contributed by atoms with E-state index >= 15 is 0 Å². The van der Waals surface area contributed by atoms with Gasteiger partial charge in [-0.05, 0) is 37.3 Å². The number of hydrogen-bond acceptors (Lipinski definition) is 4. The zero-order valence-electron chi connectivity index (χ0n) is 15.9. The fourth-order valence-corrected chi connectivity index (χ4v) is 4.68. The standard InChI is InChI=1S/C20H23FN2O4S/c1-15-3-8-19(27-2)16(13-15)14-20(24)22-9-11-23(12-10-22)28(25,26)18-6-4-17(21)5-7-18/h3-8,13H,9-12,14H2,1-2H3. The van der Waals surface area contributed by atoms with Crippen LogP contribution in [0.1, 0.15) is 11.1 Å². The minimum absolute atomic E-state index is 0.0539. The third-order valence-electron chi connectivity index (χ3n) is 4.82. The molecule has 2 aromatic rings. The van der Waals surface area contributed by atoms with Crippen molar-refractivity contribution >= 4 is 15.9 Å². The molecular weight excluding hydrogens is 383 g/mol. The van der Waals surface area contributed by atoms with E-state index in [1.807, 2.05) is 25.1 Å². The van der Waals surface area contributed by atoms with E-state index in [1.54, 1.807) is 12.0 Å². The third-order valence-corrected chi connectivity index (χ3v) is 6.73. The van der Waals surface area contributed by atoms with E-state index in [-0.39, 0.29) is 30.3 Å². The van der Waals surface area contributed by atoms with Crippen LogP contribution in [0.5, 0.6) is 5.75 Å². The van der Waals surface area contributed by atoms with Crippen LogP contribution in [-0.2, 0) is 21.2 Å². The van der Waals surface area contributed by atoms with Crippen molar-refractivity contribution in [3.63, 3.8) is 0 Å². The van der Waals surface area contributed by atoms with Crippen molar-refractivity contribution < 1.29 is 22.3 Å². The number of hydrogen-bond donors (Lipinski definition) is 0. The van der Waals surface area contributed by atoms with E-state index in [9.17, 15) is 17.6 Å². The summed E-state index contributed by atoms with van der Waals surface area (Å²) in [7, 11) is -2.13. The molecule has 0 unspecified atom stereocenters. The SMILES string of the molecule is COc1ccc(C)cc1CC(=O)N1CCN(S(=O)(=O)c2ccc(F)cc2)CC1. The van der Waals surface area contributed by atoms with Crippen molar-refractivity contribution in [1.29, 1.82) is 0 Å². The molecule has 0 N–H and O–H groups in total. The second kappa shape index (κ2) is 8.28. The lowest BCUT2D eigenvalue weighted by atomic mass is 10.1. The summed E-state index contributed by atoms with van der Waals surface area (Å²) in [6, 6.07) is 10.4. The van der Waals surface area contributed by atoms with Crippen LogP contribution < -0.4 is 4.74 Å². The summed E-state index contributed by atoms with van der Waals surface area (Å²) in [5.41, 5.74) is 1.85. The van der Waals surface area contributed by atoms with Crippen LogP contribution in [0.2, 0.25) is 0 Å². The third kappa shape index (κ3) is 4.34. The maximum absolute atomic E-state index is 13.1. The molecule has 0 radical (unpaired) electrons. The smallest absolute Gasteiger partial charge is 0.243 e. The molecule has 1 fully saturated rings. The van der Waals surface area contributed by atoms with Crippen molar-refractivity contribution in [3.8, 4) is 5.75 Å². The Bertz CT molecular complexity index is 953. The minimum atomic E-state index is -3.69. The number of carbonyl (C=O) groups is 1. The number of benzene rings is 2. The summed E-state index contributed by atoms with van der Waals surface area (Å²) in [5.74, 6) is 0.111. The Labute approximate surface area is 164 Å². The highest BCUT2D eigenvalue weighted by molar-refractivity contribution is 7.89. The number of piperazine rings is 1. The number of amides is 1. The molecule has 1 amide bonds. The molecule has 1 aliphatic heterocycles. The fourth-order valence-electron chi connectivity index (χ4n) is 3.25. The van der Waals surface area contributed by atoms with Crippen LogP contribution in [0.3, 0.4) is 0 Å². The molecule has 1 aliphatic rings. The fraction of sp³-hybridized carbons (Fsp3) is 0.350. The Morgan fingerprint density at radius 3 is 2.32 bits per heavy atom. The second-order valence-corrected chi connectivity index (χ2v) is 8.67. The second-order valence-electron chi connectivity index (χ2n) is 6.73. The first kappa shape index (κ1) is 20.3. The van der Waals surface area contributed by atoms with Gasteiger partial charge in [0.15, 0.2) is 0 Å². The molecule has 0 spiro atoms. The lowest BCUT2D eigenvalue weighted by molar-refractivity contribution is -0.131. The zero-order chi connectivity index (χ0) is 20.3. The van der Waals surface area contributed by atoms with Gasteiger partial charge in [0.1, 0.15) is 11.6 Å². The van der Waals surface area contributed by atoms with E-state index in [2.05, 4.69) is 0 Å². The van der Waals surface area contributed by atoms with Gasteiger partial charge in [-0.2, -0.15) is 4.31 Å². The van der Waals surface area contributed by atoms with Crippen molar-refractivity contribution in [2.45, 2.75) is 18.2 Å². The first-order valence-electron chi connectivity index (χ1n) is 8.98. The van der Waals surface area contributed by atoms with Gasteiger partial charge in [-0.3, -0.25) is 4.79 Å². The van der Waals surface area contributed by atoms with Crippen LogP contribution in [-0.4, -0.2) is 56.8 Å². The molecule has 8 heteroatoms. The Morgan fingerprint density at radius 2 is 1.71 bits per heavy atom. The van der Waals surface area contributed by atoms with Gasteiger partial charge in [0.25, 0.3) is 0 Å². The molecular formula is C20H23FN2O4S. The molecule has 0 aliphatic carbocycles. The Hall–Kier alpha value is -2.45. The first-order valence-corrected chi connectivity index (χ1v) is 10.4. The average molecular weight is 406 g/mol. The van der Waals surface area contributed by atoms with Gasteiger partial charge in [-0.1, -0.05) is 17.7 Å². The monoisotopic (exact) mass is 406 g/mol. The van der Waals surface area contributed by atoms with Crippen LogP contribution in [0.4, 0.5) is 4.39 Å². The van der Waals surface area contributed by atoms with Crippen molar-refractivity contribution in [2.75, 3.05) is 33.3 Å². The predicted octanol–water partition coefficient (Wildman–Crippen LogP) is 2.22. The normalized spacial score (nSPS) is 15.5. The molecule has 28 heavy (non-hydrogen) atoms. The number of ether oxygens (including phenoxy) is 1. The highest BCUT2D eigenvalue weighted by Gasteiger charge is 2.30. The molecule has 1 saturated heterocycles. The number of nitrogens with zero attached hydrogens (tertiary/aromatic N) is 2. The largest absolute Gasteiger partial charge is 0.496 e. The highest BCUT2D eigenvalue weighted by atomic mass is 32.2. The van der Waals surface area contributed by atoms with Crippen LogP contribution in [0, 0.1) is 12.7 Å². The van der Waals surface area contributed by atoms with E-state index in [0.717, 1.165) is 23.3 Å². The van der Waals surface area contributed by atoms with Gasteiger partial charge in [-0.25, -0.2) is 12.8 Å². The van der Waals surface area contributed by atoms with Gasteiger partial charge in [-0.15, -0.1) is 0 Å². The molecule has 6 nitrogen and oxygen atoms in total. The van der Waals surface area contributed by atoms with Gasteiger partial charge >= 0.3 is 0 Å². The molecule has 0 bridgehead atoms. The van der Waals surface area contributed by atoms with E-state index < -0.39 is 15.8 Å². The van der Waals surface area contributed by atoms with Crippen LogP contribution in [0.25, 0.3) is 0 Å². The van der Waals surface area contributed by atoms with E-state index in [4.69, 9.17) is 4.74 Å². The number of halogens is 1. The maximum atomic E-state index is 13.1. The topological polar surface area (TPSA) is 66.9 Å². The van der Waals surface area contributed by atoms with Gasteiger partial charge < -0.3 is 9.64 Å². The van der Waals surface area contributed by atoms with Gasteiger partial charge in [0, 0.05) is 31.7 Å². The summed E-state index contributed by atoms with van der Waals surface area (Å²) >= 11 is 0. The quantitative estimate of drug-likeness (QED) is 0.764. The molecule has 3 rings (SSSR count). The van der Waals surface area contributed by atoms with Gasteiger partial charge in [0.2, 0.25) is 15.9 Å². The van der Waals surface area contributed by atoms with Gasteiger partial charge in [0.05, 0.1) is 18.4 Å². The predicted molar refractivity (Wildman–Crippen MR) is 103 cm³/mol. The van der Waals surface area contributed by atoms with Crippen molar-refractivity contribution in [3.05, 3.63) is 59.4 Å². The molecule has 0 atom stereocenters. The van der Waals surface area contributed by atoms with E-state index in [0.29, 0.717) is 18.8 Å². The molecule has 1 heterocycles. The minimum Gasteiger partial charge on any atom is -0.496 e. The Morgan fingerprint density at radius 1 is 1.07 bits per heavy atom. The number of carbonyl (C=O) groups excluding carboxylic acids is 1. The molecule has 0 saturated carbocycles. The number of aryl methyl sites for hydroxylation is 1. The lowest BCUT2D eigenvalue weighted by Gasteiger charge is -2.34. The maximum Gasteiger partial charge on any atom is 0.243 e. The number of rotatable bonds is 5. The summed E-state index contributed by atoms with van der Waals surface area (Å²) < 4.78 is 45.0. The average Bonchev–Trinajstić information content (AvgIpc) is 2.68.